The lowest BCUT2D eigenvalue weighted by Gasteiger charge is -2.03. The lowest BCUT2D eigenvalue weighted by Crippen LogP contribution is -2.10. The lowest BCUT2D eigenvalue weighted by atomic mass is 10.4. The second-order valence-electron chi connectivity index (χ2n) is 2.26. The second-order valence-corrected chi connectivity index (χ2v) is 3.42. The van der Waals surface area contributed by atoms with Gasteiger partial charge in [0.2, 0.25) is 5.91 Å². The molecule has 1 aromatic heterocycles. The maximum absolute atomic E-state index is 11.0. The standard InChI is InChI=1S/C8H9IN2O/c1-2-8(12)11-7-3-4-10-5-6(7)9/h3-5H,2H2,1H3,(H,10,11,12). The smallest absolute Gasteiger partial charge is 0.224 e. The molecular weight excluding hydrogens is 267 g/mol. The van der Waals surface area contributed by atoms with Crippen molar-refractivity contribution in [2.75, 3.05) is 5.32 Å². The van der Waals surface area contributed by atoms with Crippen LogP contribution in [-0.4, -0.2) is 10.9 Å². The van der Waals surface area contributed by atoms with E-state index in [9.17, 15) is 4.79 Å². The third-order valence-corrected chi connectivity index (χ3v) is 2.23. The summed E-state index contributed by atoms with van der Waals surface area (Å²) in [5.41, 5.74) is 0.831. The minimum absolute atomic E-state index is 0.0270. The number of carbonyl (C=O) groups is 1. The summed E-state index contributed by atoms with van der Waals surface area (Å²) in [5.74, 6) is 0.0270. The van der Waals surface area contributed by atoms with Crippen LogP contribution < -0.4 is 5.32 Å². The normalized spacial score (nSPS) is 9.50. The number of halogens is 1. The number of nitrogens with one attached hydrogen (secondary N) is 1. The number of anilines is 1. The SMILES string of the molecule is CCC(=O)Nc1ccncc1I. The largest absolute Gasteiger partial charge is 0.325 e. The predicted octanol–water partition coefficient (Wildman–Crippen LogP) is 2.03. The quantitative estimate of drug-likeness (QED) is 0.840. The molecule has 0 unspecified atom stereocenters. The molecule has 64 valence electrons. The number of amides is 1. The van der Waals surface area contributed by atoms with Crippen LogP contribution in [0.4, 0.5) is 5.69 Å². The molecule has 0 atom stereocenters. The summed E-state index contributed by atoms with van der Waals surface area (Å²) < 4.78 is 0.955. The van der Waals surface area contributed by atoms with Gasteiger partial charge in [-0.05, 0) is 28.7 Å². The number of hydrogen-bond donors (Lipinski definition) is 1. The van der Waals surface area contributed by atoms with E-state index in [1.54, 1.807) is 18.5 Å². The Morgan fingerprint density at radius 1 is 1.75 bits per heavy atom. The Hall–Kier alpha value is -0.650. The molecule has 0 fully saturated rings. The fourth-order valence-electron chi connectivity index (χ4n) is 0.715. The highest BCUT2D eigenvalue weighted by Crippen LogP contribution is 2.15. The van der Waals surface area contributed by atoms with E-state index in [1.807, 2.05) is 6.92 Å². The van der Waals surface area contributed by atoms with Crippen LogP contribution in [0.2, 0.25) is 0 Å². The van der Waals surface area contributed by atoms with Gasteiger partial charge in [0.25, 0.3) is 0 Å². The molecule has 0 aliphatic heterocycles. The van der Waals surface area contributed by atoms with Crippen molar-refractivity contribution in [1.82, 2.24) is 4.98 Å². The minimum Gasteiger partial charge on any atom is -0.325 e. The Labute approximate surface area is 84.7 Å². The maximum atomic E-state index is 11.0. The van der Waals surface area contributed by atoms with Gasteiger partial charge in [-0.15, -0.1) is 0 Å². The first-order valence-electron chi connectivity index (χ1n) is 3.63. The van der Waals surface area contributed by atoms with Gasteiger partial charge in [0, 0.05) is 18.8 Å². The van der Waals surface area contributed by atoms with Crippen molar-refractivity contribution in [3.63, 3.8) is 0 Å². The lowest BCUT2D eigenvalue weighted by molar-refractivity contribution is -0.115. The van der Waals surface area contributed by atoms with Gasteiger partial charge in [-0.3, -0.25) is 9.78 Å². The molecule has 0 radical (unpaired) electrons. The van der Waals surface area contributed by atoms with Crippen LogP contribution >= 0.6 is 22.6 Å². The molecule has 0 spiro atoms. The molecule has 3 nitrogen and oxygen atoms in total. The van der Waals surface area contributed by atoms with Crippen molar-refractivity contribution in [3.8, 4) is 0 Å². The van der Waals surface area contributed by atoms with Crippen LogP contribution in [0.15, 0.2) is 18.5 Å². The molecule has 0 aliphatic carbocycles. The van der Waals surface area contributed by atoms with Gasteiger partial charge in [0.1, 0.15) is 0 Å². The van der Waals surface area contributed by atoms with Gasteiger partial charge in [-0.25, -0.2) is 0 Å². The average molecular weight is 276 g/mol. The van der Waals surface area contributed by atoms with Gasteiger partial charge < -0.3 is 5.32 Å². The van der Waals surface area contributed by atoms with Crippen LogP contribution in [0.1, 0.15) is 13.3 Å². The molecule has 0 aliphatic rings. The molecule has 0 aromatic carbocycles. The van der Waals surface area contributed by atoms with E-state index >= 15 is 0 Å². The topological polar surface area (TPSA) is 42.0 Å². The third-order valence-electron chi connectivity index (χ3n) is 1.37. The first kappa shape index (κ1) is 9.44. The van der Waals surface area contributed by atoms with Crippen molar-refractivity contribution >= 4 is 34.2 Å². The molecule has 1 rings (SSSR count). The number of rotatable bonds is 2. The van der Waals surface area contributed by atoms with Crippen LogP contribution in [0.5, 0.6) is 0 Å². The summed E-state index contributed by atoms with van der Waals surface area (Å²) in [5, 5.41) is 2.77. The summed E-state index contributed by atoms with van der Waals surface area (Å²) in [7, 11) is 0. The predicted molar refractivity (Wildman–Crippen MR) is 55.9 cm³/mol. The van der Waals surface area contributed by atoms with E-state index in [2.05, 4.69) is 32.9 Å². The van der Waals surface area contributed by atoms with Gasteiger partial charge in [-0.1, -0.05) is 6.92 Å². The number of hydrogen-bond acceptors (Lipinski definition) is 2. The van der Waals surface area contributed by atoms with Crippen molar-refractivity contribution < 1.29 is 4.79 Å². The zero-order chi connectivity index (χ0) is 8.97. The van der Waals surface area contributed by atoms with E-state index in [4.69, 9.17) is 0 Å². The summed E-state index contributed by atoms with van der Waals surface area (Å²) in [6.45, 7) is 1.82. The maximum Gasteiger partial charge on any atom is 0.224 e. The van der Waals surface area contributed by atoms with E-state index < -0.39 is 0 Å². The Morgan fingerprint density at radius 3 is 3.08 bits per heavy atom. The molecule has 1 amide bonds. The van der Waals surface area contributed by atoms with Crippen molar-refractivity contribution in [2.45, 2.75) is 13.3 Å². The van der Waals surface area contributed by atoms with E-state index in [0.717, 1.165) is 9.26 Å². The van der Waals surface area contributed by atoms with Gasteiger partial charge >= 0.3 is 0 Å². The van der Waals surface area contributed by atoms with Crippen molar-refractivity contribution in [3.05, 3.63) is 22.0 Å². The Balaban J connectivity index is 2.75. The highest BCUT2D eigenvalue weighted by Gasteiger charge is 2.01. The summed E-state index contributed by atoms with van der Waals surface area (Å²) in [6, 6.07) is 1.79. The second kappa shape index (κ2) is 4.39. The molecule has 1 aromatic rings. The summed E-state index contributed by atoms with van der Waals surface area (Å²) in [6.07, 6.45) is 3.87. The molecule has 12 heavy (non-hydrogen) atoms. The van der Waals surface area contributed by atoms with E-state index in [0.29, 0.717) is 6.42 Å². The molecule has 1 N–H and O–H groups in total. The highest BCUT2D eigenvalue weighted by atomic mass is 127. The Kier molecular flexibility index (Phi) is 3.46. The zero-order valence-corrected chi connectivity index (χ0v) is 8.83. The Bertz CT molecular complexity index is 288. The summed E-state index contributed by atoms with van der Waals surface area (Å²) >= 11 is 2.13. The molecule has 1 heterocycles. The molecule has 0 bridgehead atoms. The van der Waals surface area contributed by atoms with E-state index in [-0.39, 0.29) is 5.91 Å². The summed E-state index contributed by atoms with van der Waals surface area (Å²) in [4.78, 5) is 14.9. The monoisotopic (exact) mass is 276 g/mol. The number of nitrogens with zero attached hydrogens (tertiary/aromatic N) is 1. The van der Waals surface area contributed by atoms with Crippen LogP contribution in [0, 0.1) is 3.57 Å². The van der Waals surface area contributed by atoms with Gasteiger partial charge in [0.05, 0.1) is 9.26 Å². The number of pyridine rings is 1. The van der Waals surface area contributed by atoms with Crippen LogP contribution in [-0.2, 0) is 4.79 Å². The van der Waals surface area contributed by atoms with E-state index in [1.165, 1.54) is 0 Å². The number of aromatic nitrogens is 1. The zero-order valence-electron chi connectivity index (χ0n) is 6.67. The minimum atomic E-state index is 0.0270. The fraction of sp³-hybridized carbons (Fsp3) is 0.250. The highest BCUT2D eigenvalue weighted by molar-refractivity contribution is 14.1. The molecule has 0 saturated heterocycles. The first-order valence-corrected chi connectivity index (χ1v) is 4.71. The van der Waals surface area contributed by atoms with Gasteiger partial charge in [-0.2, -0.15) is 0 Å². The number of carbonyl (C=O) groups excluding carboxylic acids is 1. The Morgan fingerprint density at radius 2 is 2.50 bits per heavy atom. The molecule has 4 heteroatoms. The average Bonchev–Trinajstić information content (AvgIpc) is 2.09. The van der Waals surface area contributed by atoms with Crippen LogP contribution in [0.25, 0.3) is 0 Å². The van der Waals surface area contributed by atoms with Crippen molar-refractivity contribution in [1.29, 1.82) is 0 Å². The fourth-order valence-corrected chi connectivity index (χ4v) is 1.19. The molecule has 0 saturated carbocycles. The first-order chi connectivity index (χ1) is 5.74. The van der Waals surface area contributed by atoms with Crippen LogP contribution in [0.3, 0.4) is 0 Å². The van der Waals surface area contributed by atoms with Gasteiger partial charge in [0.15, 0.2) is 0 Å². The molecular formula is C8H9IN2O. The third kappa shape index (κ3) is 2.44. The van der Waals surface area contributed by atoms with Crippen molar-refractivity contribution in [2.24, 2.45) is 0 Å².